The minimum atomic E-state index is -0.334. The summed E-state index contributed by atoms with van der Waals surface area (Å²) in [6.45, 7) is 0. The number of nitrogens with one attached hydrogen (secondary N) is 2. The highest BCUT2D eigenvalue weighted by Crippen LogP contribution is 2.40. The molecule has 4 nitrogen and oxygen atoms in total. The van der Waals surface area contributed by atoms with Crippen molar-refractivity contribution in [3.05, 3.63) is 45.7 Å². The first-order valence-electron chi connectivity index (χ1n) is 5.76. The van der Waals surface area contributed by atoms with E-state index in [-0.39, 0.29) is 11.1 Å². The number of H-pyrrole nitrogens is 1. The highest BCUT2D eigenvalue weighted by atomic mass is 32.1. The van der Waals surface area contributed by atoms with Crippen molar-refractivity contribution in [2.24, 2.45) is 0 Å². The van der Waals surface area contributed by atoms with Gasteiger partial charge in [0.25, 0.3) is 5.56 Å². The lowest BCUT2D eigenvalue weighted by atomic mass is 10.1. The van der Waals surface area contributed by atoms with Crippen LogP contribution in [0.2, 0.25) is 0 Å². The van der Waals surface area contributed by atoms with Crippen LogP contribution >= 0.6 is 11.5 Å². The van der Waals surface area contributed by atoms with Crippen LogP contribution in [0.3, 0.4) is 0 Å². The molecule has 1 fully saturated rings. The van der Waals surface area contributed by atoms with Crippen LogP contribution < -0.4 is 10.9 Å². The molecule has 90 valence electrons. The van der Waals surface area contributed by atoms with Crippen molar-refractivity contribution in [2.75, 3.05) is 5.32 Å². The van der Waals surface area contributed by atoms with E-state index in [2.05, 4.69) is 21.8 Å². The Bertz CT molecular complexity index is 659. The number of aromatic amines is 1. The molecule has 1 saturated carbocycles. The Morgan fingerprint density at radius 2 is 2.06 bits per heavy atom. The molecule has 3 rings (SSSR count). The van der Waals surface area contributed by atoms with E-state index >= 15 is 0 Å². The van der Waals surface area contributed by atoms with Gasteiger partial charge in [-0.1, -0.05) is 12.1 Å². The average Bonchev–Trinajstić information content (AvgIpc) is 3.17. The van der Waals surface area contributed by atoms with Crippen molar-refractivity contribution >= 4 is 22.2 Å². The van der Waals surface area contributed by atoms with Gasteiger partial charge in [-0.15, -0.1) is 0 Å². The van der Waals surface area contributed by atoms with E-state index < -0.39 is 0 Å². The first-order chi connectivity index (χ1) is 8.78. The maximum Gasteiger partial charge on any atom is 0.278 e. The minimum absolute atomic E-state index is 0.145. The van der Waals surface area contributed by atoms with Crippen LogP contribution in [0.25, 0.3) is 0 Å². The molecular weight excluding hydrogens is 246 g/mol. The molecule has 0 saturated heterocycles. The molecule has 5 heteroatoms. The summed E-state index contributed by atoms with van der Waals surface area (Å²) in [6, 6.07) is 10.1. The molecule has 1 aliphatic rings. The van der Waals surface area contributed by atoms with Crippen LogP contribution in [0.1, 0.15) is 29.9 Å². The second-order valence-electron chi connectivity index (χ2n) is 4.37. The van der Waals surface area contributed by atoms with Crippen LogP contribution in [-0.2, 0) is 0 Å². The van der Waals surface area contributed by atoms with Gasteiger partial charge in [0.15, 0.2) is 5.56 Å². The second-order valence-corrected chi connectivity index (χ2v) is 5.19. The van der Waals surface area contributed by atoms with Crippen molar-refractivity contribution in [3.8, 4) is 6.07 Å². The number of aromatic nitrogens is 1. The zero-order valence-corrected chi connectivity index (χ0v) is 10.4. The summed E-state index contributed by atoms with van der Waals surface area (Å²) in [7, 11) is 0. The number of nitriles is 1. The van der Waals surface area contributed by atoms with E-state index in [0.717, 1.165) is 23.1 Å². The third-order valence-corrected chi connectivity index (χ3v) is 3.83. The van der Waals surface area contributed by atoms with Crippen molar-refractivity contribution < 1.29 is 0 Å². The first kappa shape index (κ1) is 11.1. The molecule has 0 spiro atoms. The fourth-order valence-electron chi connectivity index (χ4n) is 1.88. The zero-order chi connectivity index (χ0) is 12.5. The molecule has 1 aromatic carbocycles. The maximum atomic E-state index is 11.3. The topological polar surface area (TPSA) is 68.7 Å². The highest BCUT2D eigenvalue weighted by molar-refractivity contribution is 7.10. The Morgan fingerprint density at radius 3 is 2.67 bits per heavy atom. The fraction of sp³-hybridized carbons (Fsp3) is 0.231. The average molecular weight is 257 g/mol. The van der Waals surface area contributed by atoms with E-state index in [0.29, 0.717) is 5.00 Å². The number of hydrogen-bond donors (Lipinski definition) is 2. The van der Waals surface area contributed by atoms with Gasteiger partial charge >= 0.3 is 0 Å². The third kappa shape index (κ3) is 2.03. The van der Waals surface area contributed by atoms with Gasteiger partial charge in [0.1, 0.15) is 11.1 Å². The van der Waals surface area contributed by atoms with E-state index in [9.17, 15) is 4.79 Å². The summed E-state index contributed by atoms with van der Waals surface area (Å²) in [5.41, 5.74) is 2.07. The van der Waals surface area contributed by atoms with Crippen LogP contribution in [0.5, 0.6) is 0 Å². The van der Waals surface area contributed by atoms with Gasteiger partial charge in [0, 0.05) is 5.69 Å². The molecule has 1 aliphatic carbocycles. The molecular formula is C13H11N3OS. The maximum absolute atomic E-state index is 11.3. The Balaban J connectivity index is 1.83. The van der Waals surface area contributed by atoms with E-state index in [1.165, 1.54) is 18.4 Å². The molecule has 0 unspecified atom stereocenters. The number of rotatable bonds is 3. The molecule has 0 aliphatic heterocycles. The van der Waals surface area contributed by atoms with Crippen molar-refractivity contribution in [3.63, 3.8) is 0 Å². The molecule has 2 aromatic rings. The molecule has 0 bridgehead atoms. The molecule has 1 heterocycles. The van der Waals surface area contributed by atoms with Crippen LogP contribution in [0, 0.1) is 11.3 Å². The van der Waals surface area contributed by atoms with Crippen molar-refractivity contribution in [2.45, 2.75) is 18.8 Å². The molecule has 0 atom stereocenters. The van der Waals surface area contributed by atoms with Crippen LogP contribution in [0.4, 0.5) is 10.7 Å². The van der Waals surface area contributed by atoms with Crippen LogP contribution in [0.15, 0.2) is 29.1 Å². The van der Waals surface area contributed by atoms with E-state index in [1.54, 1.807) is 0 Å². The van der Waals surface area contributed by atoms with E-state index in [1.807, 2.05) is 18.2 Å². The Hall–Kier alpha value is -2.06. The van der Waals surface area contributed by atoms with Gasteiger partial charge in [-0.2, -0.15) is 5.26 Å². The van der Waals surface area contributed by atoms with Gasteiger partial charge in [0.05, 0.1) is 0 Å². The number of nitrogens with zero attached hydrogens (tertiary/aromatic N) is 1. The van der Waals surface area contributed by atoms with E-state index in [4.69, 9.17) is 5.26 Å². The standard InChI is InChI=1S/C13H11N3OS/c14-7-11-12(17)16-18-13(11)15-10-5-3-9(4-6-10)8-1-2-8/h3-6,8,15H,1-2H2,(H,16,17). The summed E-state index contributed by atoms with van der Waals surface area (Å²) < 4.78 is 2.55. The largest absolute Gasteiger partial charge is 0.345 e. The SMILES string of the molecule is N#Cc1c(Nc2ccc(C3CC3)cc2)s[nH]c1=O. The lowest BCUT2D eigenvalue weighted by Crippen LogP contribution is -2.02. The normalized spacial score (nSPS) is 14.2. The van der Waals surface area contributed by atoms with Gasteiger partial charge in [-0.25, -0.2) is 0 Å². The van der Waals surface area contributed by atoms with Gasteiger partial charge < -0.3 is 5.32 Å². The summed E-state index contributed by atoms with van der Waals surface area (Å²) >= 11 is 1.15. The third-order valence-electron chi connectivity index (χ3n) is 3.03. The zero-order valence-electron chi connectivity index (χ0n) is 9.56. The quantitative estimate of drug-likeness (QED) is 0.888. The van der Waals surface area contributed by atoms with Crippen LogP contribution in [-0.4, -0.2) is 4.37 Å². The Morgan fingerprint density at radius 1 is 1.33 bits per heavy atom. The van der Waals surface area contributed by atoms with Gasteiger partial charge in [0.2, 0.25) is 0 Å². The van der Waals surface area contributed by atoms with Crippen molar-refractivity contribution in [1.82, 2.24) is 4.37 Å². The number of benzene rings is 1. The summed E-state index contributed by atoms with van der Waals surface area (Å²) in [4.78, 5) is 11.3. The minimum Gasteiger partial charge on any atom is -0.345 e. The summed E-state index contributed by atoms with van der Waals surface area (Å²) in [6.07, 6.45) is 2.57. The van der Waals surface area contributed by atoms with Gasteiger partial charge in [-0.05, 0) is 48.0 Å². The second kappa shape index (κ2) is 4.31. The Kier molecular flexibility index (Phi) is 2.65. The Labute approximate surface area is 108 Å². The summed E-state index contributed by atoms with van der Waals surface area (Å²) in [5.74, 6) is 0.733. The first-order valence-corrected chi connectivity index (χ1v) is 6.58. The molecule has 18 heavy (non-hydrogen) atoms. The predicted octanol–water partition coefficient (Wildman–Crippen LogP) is 2.93. The molecule has 0 amide bonds. The predicted molar refractivity (Wildman–Crippen MR) is 71.4 cm³/mol. The summed E-state index contributed by atoms with van der Waals surface area (Å²) in [5, 5.41) is 12.6. The lowest BCUT2D eigenvalue weighted by Gasteiger charge is -2.04. The monoisotopic (exact) mass is 257 g/mol. The number of anilines is 2. The molecule has 1 aromatic heterocycles. The molecule has 0 radical (unpaired) electrons. The highest BCUT2D eigenvalue weighted by Gasteiger charge is 2.23. The smallest absolute Gasteiger partial charge is 0.278 e. The van der Waals surface area contributed by atoms with Crippen molar-refractivity contribution in [1.29, 1.82) is 5.26 Å². The fourth-order valence-corrected chi connectivity index (χ4v) is 2.58. The lowest BCUT2D eigenvalue weighted by molar-refractivity contribution is 1.13. The molecule has 2 N–H and O–H groups in total. The number of hydrogen-bond acceptors (Lipinski definition) is 4. The van der Waals surface area contributed by atoms with Gasteiger partial charge in [-0.3, -0.25) is 9.17 Å².